The van der Waals surface area contributed by atoms with Gasteiger partial charge in [0, 0.05) is 58.2 Å². The lowest BCUT2D eigenvalue weighted by atomic mass is 10.1. The van der Waals surface area contributed by atoms with Crippen molar-refractivity contribution < 1.29 is 52.9 Å². The van der Waals surface area contributed by atoms with Gasteiger partial charge in [-0.15, -0.1) is 0 Å². The zero-order chi connectivity index (χ0) is 56.4. The normalized spacial score (nSPS) is 13.9. The van der Waals surface area contributed by atoms with Crippen molar-refractivity contribution in [3.8, 4) is 11.5 Å². The van der Waals surface area contributed by atoms with Gasteiger partial charge in [0.05, 0.1) is 55.8 Å². The Bertz CT molecular complexity index is 3210. The molecule has 5 aromatic rings. The second kappa shape index (κ2) is 27.2. The standard InChI is InChI=1S/C55H55N13O11S/c1-2-78-53(75)47-48(73)43(80-52(47)64-36-6-4-3-5-7-36)25-32-8-17-42(41(69)24-32)79-23-22-56-44(70)29-61-45(71)30-62-46(72)31-63-51(74)35-26-39(67-54(76)65-37-13-9-33(10-14-37)49-57-18-19-58-49)28-40(27-35)68-55(77)66-38-15-11-34(12-16-38)50-59-20-21-60-50/h3-17,24-28,64,69H,2,18-23,29-31H2,1H3,(H,56,70)(H,57,58)(H,59,60)(H,61,71)(H,62,72)(H,63,74)(H2,65,67,76)(H2,66,68,77)/b43-25-. The molecule has 412 valence electrons. The molecular formula is C55H55N13O11S. The van der Waals surface area contributed by atoms with Crippen molar-refractivity contribution in [1.29, 1.82) is 0 Å². The number of phenolic OH excluding ortho intramolecular Hbond substituents is 1. The largest absolute Gasteiger partial charge is 0.504 e. The highest BCUT2D eigenvalue weighted by Gasteiger charge is 2.35. The molecule has 0 bridgehead atoms. The molecule has 25 heteroatoms. The summed E-state index contributed by atoms with van der Waals surface area (Å²) in [4.78, 5) is 113. The van der Waals surface area contributed by atoms with Gasteiger partial charge in [-0.3, -0.25) is 34.0 Å². The van der Waals surface area contributed by atoms with Crippen LogP contribution in [-0.4, -0.2) is 130 Å². The lowest BCUT2D eigenvalue weighted by molar-refractivity contribution is -0.139. The van der Waals surface area contributed by atoms with Crippen molar-refractivity contribution in [2.75, 3.05) is 92.2 Å². The lowest BCUT2D eigenvalue weighted by Crippen LogP contribution is -2.44. The van der Waals surface area contributed by atoms with Gasteiger partial charge in [0.15, 0.2) is 11.5 Å². The molecule has 8 amide bonds. The number of rotatable bonds is 22. The monoisotopic (exact) mass is 1110 g/mol. The van der Waals surface area contributed by atoms with Crippen LogP contribution in [-0.2, 0) is 28.7 Å². The third-order valence-corrected chi connectivity index (χ3v) is 12.6. The van der Waals surface area contributed by atoms with Crippen LogP contribution in [0, 0.1) is 0 Å². The molecule has 0 atom stereocenters. The van der Waals surface area contributed by atoms with E-state index in [9.17, 15) is 43.5 Å². The van der Waals surface area contributed by atoms with Crippen molar-refractivity contribution in [2.24, 2.45) is 9.98 Å². The number of carbonyl (C=O) groups is 8. The van der Waals surface area contributed by atoms with E-state index in [0.29, 0.717) is 40.7 Å². The smallest absolute Gasteiger partial charge is 0.344 e. The average molecular weight is 1110 g/mol. The van der Waals surface area contributed by atoms with E-state index in [2.05, 4.69) is 68.5 Å². The summed E-state index contributed by atoms with van der Waals surface area (Å²) in [5.74, 6) is -2.71. The fourth-order valence-electron chi connectivity index (χ4n) is 7.81. The number of Topliss-reactive ketones (excluding diaryl/α,β-unsaturated/α-hetero) is 1. The molecule has 3 heterocycles. The molecule has 0 saturated heterocycles. The van der Waals surface area contributed by atoms with Crippen LogP contribution in [0.25, 0.3) is 6.08 Å². The summed E-state index contributed by atoms with van der Waals surface area (Å²) >= 11 is 1.06. The van der Waals surface area contributed by atoms with Gasteiger partial charge in [0.1, 0.15) is 23.9 Å². The molecular weight excluding hydrogens is 1050 g/mol. The maximum Gasteiger partial charge on any atom is 0.344 e. The number of aromatic hydroxyl groups is 1. The van der Waals surface area contributed by atoms with Crippen LogP contribution in [0.15, 0.2) is 141 Å². The number of amidine groups is 2. The molecule has 24 nitrogen and oxygen atoms in total. The third kappa shape index (κ3) is 15.9. The second-order valence-corrected chi connectivity index (χ2v) is 18.5. The number of allylic oxidation sites excluding steroid dienone is 1. The first-order valence-corrected chi connectivity index (χ1v) is 25.9. The van der Waals surface area contributed by atoms with E-state index in [1.165, 1.54) is 36.4 Å². The highest BCUT2D eigenvalue weighted by atomic mass is 32.2. The number of benzene rings is 5. The first kappa shape index (κ1) is 56.0. The van der Waals surface area contributed by atoms with Gasteiger partial charge in [-0.05, 0) is 110 Å². The van der Waals surface area contributed by atoms with E-state index in [1.807, 2.05) is 18.2 Å². The van der Waals surface area contributed by atoms with Gasteiger partial charge in [-0.2, -0.15) is 0 Å². The number of para-hydroxylation sites is 1. The van der Waals surface area contributed by atoms with E-state index in [-0.39, 0.29) is 58.7 Å². The number of urea groups is 2. The van der Waals surface area contributed by atoms with Crippen molar-refractivity contribution in [2.45, 2.75) is 6.92 Å². The maximum absolute atomic E-state index is 13.4. The number of nitrogens with one attached hydrogen (secondary N) is 11. The lowest BCUT2D eigenvalue weighted by Gasteiger charge is -2.14. The SMILES string of the molecule is CCOC(=O)C1=C(Nc2ccccc2)S/C(=C\c2ccc(OCCNC(=O)CNC(=O)CNC(=O)CNC(=O)c3cc(NC(=O)Nc4ccc(C5=NCCN5)cc4)cc(NC(=O)Nc4ccc(C5=NCCN5)cc4)c3)c(O)c2)C1=O. The summed E-state index contributed by atoms with van der Waals surface area (Å²) in [5, 5.41) is 41.0. The highest BCUT2D eigenvalue weighted by molar-refractivity contribution is 8.08. The minimum atomic E-state index is -0.758. The fourth-order valence-corrected chi connectivity index (χ4v) is 8.87. The number of ketones is 1. The predicted molar refractivity (Wildman–Crippen MR) is 303 cm³/mol. The van der Waals surface area contributed by atoms with Crippen LogP contribution >= 0.6 is 11.8 Å². The van der Waals surface area contributed by atoms with Crippen molar-refractivity contribution in [3.05, 3.63) is 153 Å². The van der Waals surface area contributed by atoms with Gasteiger partial charge in [-0.25, -0.2) is 14.4 Å². The number of phenols is 1. The molecule has 0 aromatic heterocycles. The van der Waals surface area contributed by atoms with Gasteiger partial charge in [0.2, 0.25) is 23.5 Å². The van der Waals surface area contributed by atoms with E-state index < -0.39 is 67.1 Å². The number of carbonyl (C=O) groups excluding carboxylic acids is 8. The predicted octanol–water partition coefficient (Wildman–Crippen LogP) is 4.08. The van der Waals surface area contributed by atoms with Crippen LogP contribution in [0.3, 0.4) is 0 Å². The second-order valence-electron chi connectivity index (χ2n) is 17.4. The van der Waals surface area contributed by atoms with Crippen LogP contribution in [0.1, 0.15) is 34.0 Å². The molecule has 5 aromatic carbocycles. The van der Waals surface area contributed by atoms with Crippen LogP contribution < -0.4 is 63.2 Å². The average Bonchev–Trinajstić information content (AvgIpc) is 4.26. The number of ether oxygens (including phenoxy) is 2. The summed E-state index contributed by atoms with van der Waals surface area (Å²) in [6, 6.07) is 30.3. The number of esters is 1. The molecule has 0 unspecified atom stereocenters. The van der Waals surface area contributed by atoms with E-state index in [0.717, 1.165) is 47.6 Å². The summed E-state index contributed by atoms with van der Waals surface area (Å²) in [6.07, 6.45) is 1.53. The topological polar surface area (TPSA) is 332 Å². The van der Waals surface area contributed by atoms with Crippen molar-refractivity contribution in [3.63, 3.8) is 0 Å². The molecule has 0 radical (unpaired) electrons. The van der Waals surface area contributed by atoms with Crippen molar-refractivity contribution >= 4 is 105 Å². The molecule has 0 fully saturated rings. The van der Waals surface area contributed by atoms with Crippen LogP contribution in [0.5, 0.6) is 11.5 Å². The number of amides is 8. The zero-order valence-corrected chi connectivity index (χ0v) is 43.8. The number of hydrogen-bond acceptors (Lipinski definition) is 17. The molecule has 12 N–H and O–H groups in total. The Balaban J connectivity index is 0.769. The maximum atomic E-state index is 13.4. The van der Waals surface area contributed by atoms with Crippen LogP contribution in [0.2, 0.25) is 0 Å². The Morgan fingerprint density at radius 2 is 1.19 bits per heavy atom. The summed E-state index contributed by atoms with van der Waals surface area (Å²) in [6.45, 7) is 2.94. The number of thioether (sulfide) groups is 1. The van der Waals surface area contributed by atoms with Crippen LogP contribution in [0.4, 0.5) is 38.0 Å². The summed E-state index contributed by atoms with van der Waals surface area (Å²) < 4.78 is 10.7. The molecule has 0 spiro atoms. The Morgan fingerprint density at radius 3 is 1.73 bits per heavy atom. The van der Waals surface area contributed by atoms with Gasteiger partial charge < -0.3 is 73.1 Å². The molecule has 80 heavy (non-hydrogen) atoms. The van der Waals surface area contributed by atoms with E-state index in [4.69, 9.17) is 9.47 Å². The highest BCUT2D eigenvalue weighted by Crippen LogP contribution is 2.41. The van der Waals surface area contributed by atoms with Gasteiger partial charge in [0.25, 0.3) is 5.91 Å². The van der Waals surface area contributed by atoms with Crippen molar-refractivity contribution in [1.82, 2.24) is 31.9 Å². The zero-order valence-electron chi connectivity index (χ0n) is 43.0. The fraction of sp³-hybridized carbons (Fsp3) is 0.200. The Labute approximate surface area is 462 Å². The summed E-state index contributed by atoms with van der Waals surface area (Å²) in [5.41, 5.74) is 3.85. The molecule has 3 aliphatic heterocycles. The van der Waals surface area contributed by atoms with E-state index in [1.54, 1.807) is 73.7 Å². The molecule has 0 aliphatic carbocycles. The summed E-state index contributed by atoms with van der Waals surface area (Å²) in [7, 11) is 0. The van der Waals surface area contributed by atoms with Gasteiger partial charge >= 0.3 is 18.0 Å². The number of nitrogens with zero attached hydrogens (tertiary/aromatic N) is 2. The molecule has 3 aliphatic rings. The number of aliphatic imine (C=N–C) groups is 2. The Kier molecular flexibility index (Phi) is 19.1. The quantitative estimate of drug-likeness (QED) is 0.0201. The molecule has 8 rings (SSSR count). The third-order valence-electron chi connectivity index (χ3n) is 11.6. The first-order chi connectivity index (χ1) is 38.8. The number of anilines is 5. The minimum Gasteiger partial charge on any atom is -0.504 e. The number of hydrogen-bond donors (Lipinski definition) is 12. The van der Waals surface area contributed by atoms with E-state index >= 15 is 0 Å². The molecule has 0 saturated carbocycles. The Hall–Kier alpha value is -10.2. The minimum absolute atomic E-state index is 0.00861. The first-order valence-electron chi connectivity index (χ1n) is 25.1. The van der Waals surface area contributed by atoms with Gasteiger partial charge in [-0.1, -0.05) is 36.0 Å². The Morgan fingerprint density at radius 1 is 0.637 bits per heavy atom.